The van der Waals surface area contributed by atoms with Gasteiger partial charge in [0.1, 0.15) is 0 Å². The van der Waals surface area contributed by atoms with Gasteiger partial charge in [-0.2, -0.15) is 0 Å². The Labute approximate surface area is 139 Å². The van der Waals surface area contributed by atoms with E-state index in [2.05, 4.69) is 19.1 Å². The second-order valence-electron chi connectivity index (χ2n) is 10.1. The Hall–Kier alpha value is -0.790. The maximum Gasteiger partial charge on any atom is 0.310 e. The summed E-state index contributed by atoms with van der Waals surface area (Å²) in [5.41, 5.74) is 0.0465. The molecule has 4 unspecified atom stereocenters. The quantitative estimate of drug-likeness (QED) is 0.750. The molecule has 0 aromatic rings. The van der Waals surface area contributed by atoms with Crippen LogP contribution in [0.5, 0.6) is 0 Å². The van der Waals surface area contributed by atoms with Crippen molar-refractivity contribution in [1.82, 2.24) is 0 Å². The van der Waals surface area contributed by atoms with Crippen LogP contribution in [0, 0.1) is 46.3 Å². The highest BCUT2D eigenvalue weighted by Crippen LogP contribution is 2.65. The van der Waals surface area contributed by atoms with E-state index in [9.17, 15) is 9.90 Å². The number of fused-ring (bicyclic) bond motifs is 2. The van der Waals surface area contributed by atoms with Crippen LogP contribution in [0.25, 0.3) is 0 Å². The standard InChI is InChI=1S/C21H30O2/c1-13(21(19(22)23)12-14-2-3-18(21)7-14)8-20-9-15-4-16(10-20)6-17(5-15)11-20/h2-3,13-18H,4-12H2,1H3,(H,22,23). The smallest absolute Gasteiger partial charge is 0.310 e. The van der Waals surface area contributed by atoms with Gasteiger partial charge < -0.3 is 5.11 Å². The van der Waals surface area contributed by atoms with Gasteiger partial charge in [-0.15, -0.1) is 0 Å². The predicted octanol–water partition coefficient (Wildman–Crippen LogP) is 4.90. The van der Waals surface area contributed by atoms with E-state index >= 15 is 0 Å². The van der Waals surface area contributed by atoms with E-state index in [0.29, 0.717) is 23.2 Å². The zero-order chi connectivity index (χ0) is 15.8. The number of allylic oxidation sites excluding steroid dienone is 2. The summed E-state index contributed by atoms with van der Waals surface area (Å²) in [4.78, 5) is 12.3. The Bertz CT molecular complexity index is 527. The van der Waals surface area contributed by atoms with Gasteiger partial charge in [0.25, 0.3) is 0 Å². The van der Waals surface area contributed by atoms with Gasteiger partial charge >= 0.3 is 5.97 Å². The minimum absolute atomic E-state index is 0.300. The van der Waals surface area contributed by atoms with Crippen LogP contribution in [0.2, 0.25) is 0 Å². The van der Waals surface area contributed by atoms with Crippen molar-refractivity contribution in [2.45, 2.75) is 64.7 Å². The van der Waals surface area contributed by atoms with Crippen molar-refractivity contribution >= 4 is 5.97 Å². The van der Waals surface area contributed by atoms with Crippen LogP contribution in [0.4, 0.5) is 0 Å². The van der Waals surface area contributed by atoms with Crippen molar-refractivity contribution in [2.75, 3.05) is 0 Å². The number of carbonyl (C=O) groups is 1. The number of hydrogen-bond acceptors (Lipinski definition) is 1. The summed E-state index contributed by atoms with van der Waals surface area (Å²) in [7, 11) is 0. The van der Waals surface area contributed by atoms with Crippen molar-refractivity contribution in [1.29, 1.82) is 0 Å². The zero-order valence-corrected chi connectivity index (χ0v) is 14.3. The van der Waals surface area contributed by atoms with Crippen LogP contribution in [0.1, 0.15) is 64.7 Å². The zero-order valence-electron chi connectivity index (χ0n) is 14.3. The molecule has 2 heteroatoms. The monoisotopic (exact) mass is 314 g/mol. The SMILES string of the molecule is CC(CC12CC3CC(CC(C3)C1)C2)C1(C(=O)O)CC2C=CC1C2. The molecule has 2 nitrogen and oxygen atoms in total. The molecule has 5 fully saturated rings. The molecule has 5 saturated carbocycles. The van der Waals surface area contributed by atoms with E-state index in [0.717, 1.165) is 30.6 Å². The van der Waals surface area contributed by atoms with Gasteiger partial charge in [0.05, 0.1) is 5.41 Å². The van der Waals surface area contributed by atoms with Crippen LogP contribution >= 0.6 is 0 Å². The molecule has 23 heavy (non-hydrogen) atoms. The van der Waals surface area contributed by atoms with Gasteiger partial charge in [-0.25, -0.2) is 0 Å². The lowest BCUT2D eigenvalue weighted by Crippen LogP contribution is -2.49. The molecule has 0 spiro atoms. The summed E-state index contributed by atoms with van der Waals surface area (Å²) < 4.78 is 0. The van der Waals surface area contributed by atoms with Gasteiger partial charge in [0.2, 0.25) is 0 Å². The fraction of sp³-hybridized carbons (Fsp3) is 0.857. The second-order valence-corrected chi connectivity index (χ2v) is 10.1. The van der Waals surface area contributed by atoms with E-state index < -0.39 is 11.4 Å². The molecule has 126 valence electrons. The van der Waals surface area contributed by atoms with Crippen molar-refractivity contribution in [3.63, 3.8) is 0 Å². The Morgan fingerprint density at radius 3 is 2.09 bits per heavy atom. The number of carboxylic acid groups (broad SMARTS) is 1. The van der Waals surface area contributed by atoms with E-state index in [4.69, 9.17) is 0 Å². The first-order valence-corrected chi connectivity index (χ1v) is 9.91. The fourth-order valence-corrected chi connectivity index (χ4v) is 8.29. The molecule has 6 rings (SSSR count). The van der Waals surface area contributed by atoms with Gasteiger partial charge in [-0.05, 0) is 98.7 Å². The lowest BCUT2D eigenvalue weighted by molar-refractivity contribution is -0.157. The Balaban J connectivity index is 1.41. The topological polar surface area (TPSA) is 37.3 Å². The molecular weight excluding hydrogens is 284 g/mol. The van der Waals surface area contributed by atoms with Crippen molar-refractivity contribution in [2.24, 2.45) is 46.3 Å². The molecule has 0 heterocycles. The second kappa shape index (κ2) is 4.64. The minimum atomic E-state index is -0.508. The summed E-state index contributed by atoms with van der Waals surface area (Å²) >= 11 is 0. The molecule has 0 saturated heterocycles. The lowest BCUT2D eigenvalue weighted by Gasteiger charge is -2.58. The molecular formula is C21H30O2. The summed E-state index contributed by atoms with van der Waals surface area (Å²) in [6.45, 7) is 2.28. The normalized spacial score (nSPS) is 53.9. The summed E-state index contributed by atoms with van der Waals surface area (Å²) in [5.74, 6) is 3.56. The number of rotatable bonds is 4. The van der Waals surface area contributed by atoms with Crippen LogP contribution in [-0.2, 0) is 4.79 Å². The van der Waals surface area contributed by atoms with E-state index in [1.165, 1.54) is 44.9 Å². The molecule has 6 aliphatic carbocycles. The highest BCUT2D eigenvalue weighted by atomic mass is 16.4. The lowest BCUT2D eigenvalue weighted by atomic mass is 9.47. The van der Waals surface area contributed by atoms with E-state index in [1.807, 2.05) is 0 Å². The van der Waals surface area contributed by atoms with Crippen LogP contribution in [-0.4, -0.2) is 11.1 Å². The maximum atomic E-state index is 12.3. The van der Waals surface area contributed by atoms with Gasteiger partial charge in [-0.3, -0.25) is 4.79 Å². The van der Waals surface area contributed by atoms with Crippen molar-refractivity contribution in [3.05, 3.63) is 12.2 Å². The first-order valence-electron chi connectivity index (χ1n) is 9.91. The highest BCUT2D eigenvalue weighted by molar-refractivity contribution is 5.77. The summed E-state index contributed by atoms with van der Waals surface area (Å²) in [6, 6.07) is 0. The maximum absolute atomic E-state index is 12.3. The first-order chi connectivity index (χ1) is 11.0. The molecule has 1 N–H and O–H groups in total. The van der Waals surface area contributed by atoms with Crippen molar-refractivity contribution < 1.29 is 9.90 Å². The van der Waals surface area contributed by atoms with Gasteiger partial charge in [0, 0.05) is 0 Å². The fourth-order valence-electron chi connectivity index (χ4n) is 8.29. The average Bonchev–Trinajstić information content (AvgIpc) is 3.06. The van der Waals surface area contributed by atoms with Crippen LogP contribution in [0.3, 0.4) is 0 Å². The molecule has 6 bridgehead atoms. The molecule has 0 aromatic carbocycles. The molecule has 4 atom stereocenters. The summed E-state index contributed by atoms with van der Waals surface area (Å²) in [6.07, 6.45) is 16.3. The van der Waals surface area contributed by atoms with E-state index in [1.54, 1.807) is 0 Å². The Kier molecular flexibility index (Phi) is 2.93. The molecule has 6 aliphatic rings. The number of hydrogen-bond donors (Lipinski definition) is 1. The summed E-state index contributed by atoms with van der Waals surface area (Å²) in [5, 5.41) is 10.1. The third-order valence-corrected chi connectivity index (χ3v) is 8.62. The van der Waals surface area contributed by atoms with Gasteiger partial charge in [-0.1, -0.05) is 19.1 Å². The molecule has 0 aromatic heterocycles. The Morgan fingerprint density at radius 1 is 1.04 bits per heavy atom. The van der Waals surface area contributed by atoms with Crippen LogP contribution in [0.15, 0.2) is 12.2 Å². The largest absolute Gasteiger partial charge is 0.481 e. The molecule has 0 radical (unpaired) electrons. The number of aliphatic carboxylic acids is 1. The molecule has 0 aliphatic heterocycles. The molecule has 0 amide bonds. The third kappa shape index (κ3) is 1.96. The van der Waals surface area contributed by atoms with Gasteiger partial charge in [0.15, 0.2) is 0 Å². The van der Waals surface area contributed by atoms with Crippen LogP contribution < -0.4 is 0 Å². The minimum Gasteiger partial charge on any atom is -0.481 e. The predicted molar refractivity (Wildman–Crippen MR) is 89.8 cm³/mol. The highest BCUT2D eigenvalue weighted by Gasteiger charge is 2.59. The third-order valence-electron chi connectivity index (χ3n) is 8.62. The van der Waals surface area contributed by atoms with Crippen molar-refractivity contribution in [3.8, 4) is 0 Å². The first kappa shape index (κ1) is 14.5. The van der Waals surface area contributed by atoms with E-state index in [-0.39, 0.29) is 0 Å². The Morgan fingerprint density at radius 2 is 1.65 bits per heavy atom. The average molecular weight is 314 g/mol. The number of carboxylic acids is 1.